The van der Waals surface area contributed by atoms with Gasteiger partial charge in [0.25, 0.3) is 0 Å². The summed E-state index contributed by atoms with van der Waals surface area (Å²) < 4.78 is 0. The number of thiophene rings is 2. The second-order valence-electron chi connectivity index (χ2n) is 5.99. The van der Waals surface area contributed by atoms with Gasteiger partial charge in [0.15, 0.2) is 0 Å². The maximum Gasteiger partial charge on any atom is 0.131 e. The predicted molar refractivity (Wildman–Crippen MR) is 113 cm³/mol. The highest BCUT2D eigenvalue weighted by molar-refractivity contribution is 7.25. The third-order valence-corrected chi connectivity index (χ3v) is 6.69. The molecular weight excluding hydrogens is 388 g/mol. The highest BCUT2D eigenvalue weighted by Crippen LogP contribution is 2.48. The first-order valence-electron chi connectivity index (χ1n) is 8.26. The fraction of sp³-hybridized carbons (Fsp3) is 0. The van der Waals surface area contributed by atoms with Crippen molar-refractivity contribution in [2.45, 2.75) is 0 Å². The molecule has 2 heterocycles. The fourth-order valence-corrected chi connectivity index (χ4v) is 5.36. The van der Waals surface area contributed by atoms with Crippen LogP contribution in [0.2, 0.25) is 0 Å². The summed E-state index contributed by atoms with van der Waals surface area (Å²) >= 11 is 3.07. The molecule has 0 saturated carbocycles. The number of hydrogen-bond donors (Lipinski definition) is 2. The summed E-state index contributed by atoms with van der Waals surface area (Å²) in [5.74, 6) is 0.0452. The van der Waals surface area contributed by atoms with Crippen molar-refractivity contribution in [2.75, 3.05) is 0 Å². The molecule has 0 atom stereocenters. The molecule has 0 spiro atoms. The molecule has 0 radical (unpaired) electrons. The van der Waals surface area contributed by atoms with Gasteiger partial charge in [0.2, 0.25) is 0 Å². The molecule has 2 aromatic carbocycles. The van der Waals surface area contributed by atoms with Gasteiger partial charge < -0.3 is 10.2 Å². The first kappa shape index (κ1) is 17.8. The quantitative estimate of drug-likeness (QED) is 0.404. The van der Waals surface area contributed by atoms with Gasteiger partial charge in [-0.05, 0) is 30.3 Å². The molecule has 2 N–H and O–H groups in total. The SMILES string of the molecule is N#CC(C#N)=Cc1ccc(-c2sc(-c3ccc(O)cc3O)c3ccccc23)s1. The number of phenols is 2. The summed E-state index contributed by atoms with van der Waals surface area (Å²) in [4.78, 5) is 3.83. The normalized spacial score (nSPS) is 10.4. The molecule has 0 aliphatic carbocycles. The first-order valence-corrected chi connectivity index (χ1v) is 9.90. The van der Waals surface area contributed by atoms with Gasteiger partial charge in [-0.2, -0.15) is 10.5 Å². The Balaban J connectivity index is 1.89. The fourth-order valence-electron chi connectivity index (χ4n) is 2.97. The molecule has 28 heavy (non-hydrogen) atoms. The first-order chi connectivity index (χ1) is 13.6. The molecule has 4 rings (SSSR count). The van der Waals surface area contributed by atoms with Crippen LogP contribution >= 0.6 is 22.7 Å². The van der Waals surface area contributed by atoms with Crippen LogP contribution in [0.1, 0.15) is 4.88 Å². The molecular formula is C22H12N2O2S2. The van der Waals surface area contributed by atoms with Gasteiger partial charge in [0.1, 0.15) is 29.2 Å². The second kappa shape index (κ2) is 7.21. The van der Waals surface area contributed by atoms with E-state index in [-0.39, 0.29) is 17.1 Å². The van der Waals surface area contributed by atoms with Crippen molar-refractivity contribution in [3.8, 4) is 43.8 Å². The Labute approximate surface area is 169 Å². The molecule has 134 valence electrons. The van der Waals surface area contributed by atoms with E-state index in [4.69, 9.17) is 10.5 Å². The number of benzene rings is 2. The molecule has 0 saturated heterocycles. The summed E-state index contributed by atoms with van der Waals surface area (Å²) in [5, 5.41) is 39.9. The molecule has 4 nitrogen and oxygen atoms in total. The number of aromatic hydroxyl groups is 2. The molecule has 0 bridgehead atoms. The minimum Gasteiger partial charge on any atom is -0.508 e. The van der Waals surface area contributed by atoms with Crippen molar-refractivity contribution < 1.29 is 10.2 Å². The Kier molecular flexibility index (Phi) is 4.58. The van der Waals surface area contributed by atoms with Gasteiger partial charge in [-0.3, -0.25) is 0 Å². The number of fused-ring (bicyclic) bond motifs is 1. The van der Waals surface area contributed by atoms with Crippen LogP contribution in [-0.4, -0.2) is 10.2 Å². The van der Waals surface area contributed by atoms with Crippen molar-refractivity contribution in [1.82, 2.24) is 0 Å². The van der Waals surface area contributed by atoms with E-state index in [2.05, 4.69) is 0 Å². The maximum absolute atomic E-state index is 10.3. The summed E-state index contributed by atoms with van der Waals surface area (Å²) in [6.07, 6.45) is 1.58. The van der Waals surface area contributed by atoms with E-state index in [0.717, 1.165) is 30.3 Å². The van der Waals surface area contributed by atoms with Gasteiger partial charge in [-0.15, -0.1) is 22.7 Å². The lowest BCUT2D eigenvalue weighted by Gasteiger charge is -2.03. The van der Waals surface area contributed by atoms with Crippen LogP contribution in [-0.2, 0) is 0 Å². The van der Waals surface area contributed by atoms with Crippen LogP contribution < -0.4 is 0 Å². The van der Waals surface area contributed by atoms with Gasteiger partial charge in [-0.25, -0.2) is 0 Å². The molecule has 2 aromatic heterocycles. The maximum atomic E-state index is 10.3. The largest absolute Gasteiger partial charge is 0.508 e. The average molecular weight is 400 g/mol. The zero-order valence-corrected chi connectivity index (χ0v) is 16.0. The van der Waals surface area contributed by atoms with E-state index < -0.39 is 0 Å². The van der Waals surface area contributed by atoms with Gasteiger partial charge in [-0.1, -0.05) is 24.3 Å². The summed E-state index contributed by atoms with van der Waals surface area (Å²) in [5.41, 5.74) is 0.734. The van der Waals surface area contributed by atoms with Gasteiger partial charge in [0, 0.05) is 37.0 Å². The molecule has 0 unspecified atom stereocenters. The Morgan fingerprint density at radius 2 is 1.57 bits per heavy atom. The Hall–Kier alpha value is -3.58. The van der Waals surface area contributed by atoms with E-state index in [0.29, 0.717) is 5.56 Å². The minimum absolute atomic E-state index is 0.0165. The van der Waals surface area contributed by atoms with E-state index in [1.54, 1.807) is 29.5 Å². The van der Waals surface area contributed by atoms with Crippen molar-refractivity contribution in [1.29, 1.82) is 10.5 Å². The predicted octanol–water partition coefficient (Wildman–Crippen LogP) is 6.14. The molecule has 0 amide bonds. The molecule has 4 aromatic rings. The van der Waals surface area contributed by atoms with E-state index in [1.165, 1.54) is 17.4 Å². The lowest BCUT2D eigenvalue weighted by molar-refractivity contribution is 0.452. The van der Waals surface area contributed by atoms with Gasteiger partial charge in [0.05, 0.1) is 4.88 Å². The van der Waals surface area contributed by atoms with Crippen LogP contribution in [0.25, 0.3) is 37.0 Å². The Morgan fingerprint density at radius 3 is 2.25 bits per heavy atom. The summed E-state index contributed by atoms with van der Waals surface area (Å²) in [6, 6.07) is 20.2. The molecule has 0 fully saturated rings. The Bertz CT molecular complexity index is 1300. The minimum atomic E-state index is 0.0165. The van der Waals surface area contributed by atoms with Crippen LogP contribution in [0.4, 0.5) is 0 Å². The van der Waals surface area contributed by atoms with Crippen molar-refractivity contribution in [2.24, 2.45) is 0 Å². The van der Waals surface area contributed by atoms with E-state index in [1.807, 2.05) is 48.5 Å². The molecule has 0 aliphatic rings. The second-order valence-corrected chi connectivity index (χ2v) is 8.13. The van der Waals surface area contributed by atoms with Crippen LogP contribution in [0.5, 0.6) is 11.5 Å². The summed E-state index contributed by atoms with van der Waals surface area (Å²) in [6.45, 7) is 0. The number of nitriles is 2. The molecule has 0 aliphatic heterocycles. The highest BCUT2D eigenvalue weighted by atomic mass is 32.1. The zero-order chi connectivity index (χ0) is 19.7. The van der Waals surface area contributed by atoms with Crippen molar-refractivity contribution in [3.05, 3.63) is 65.0 Å². The van der Waals surface area contributed by atoms with Gasteiger partial charge >= 0.3 is 0 Å². The number of phenolic OH excluding ortho intramolecular Hbond substituents is 2. The lowest BCUT2D eigenvalue weighted by atomic mass is 10.1. The third kappa shape index (κ3) is 3.12. The lowest BCUT2D eigenvalue weighted by Crippen LogP contribution is -1.76. The zero-order valence-electron chi connectivity index (χ0n) is 14.4. The van der Waals surface area contributed by atoms with Crippen LogP contribution in [0.3, 0.4) is 0 Å². The third-order valence-electron chi connectivity index (χ3n) is 4.22. The van der Waals surface area contributed by atoms with Crippen molar-refractivity contribution in [3.63, 3.8) is 0 Å². The van der Waals surface area contributed by atoms with Crippen molar-refractivity contribution >= 4 is 39.5 Å². The number of nitrogens with zero attached hydrogens (tertiary/aromatic N) is 2. The van der Waals surface area contributed by atoms with E-state index >= 15 is 0 Å². The summed E-state index contributed by atoms with van der Waals surface area (Å²) in [7, 11) is 0. The molecule has 6 heteroatoms. The Morgan fingerprint density at radius 1 is 0.857 bits per heavy atom. The number of hydrogen-bond acceptors (Lipinski definition) is 6. The van der Waals surface area contributed by atoms with E-state index in [9.17, 15) is 10.2 Å². The average Bonchev–Trinajstić information content (AvgIpc) is 3.31. The highest BCUT2D eigenvalue weighted by Gasteiger charge is 2.17. The topological polar surface area (TPSA) is 88.0 Å². The van der Waals surface area contributed by atoms with Crippen LogP contribution in [0, 0.1) is 22.7 Å². The number of rotatable bonds is 3. The smallest absolute Gasteiger partial charge is 0.131 e. The van der Waals surface area contributed by atoms with Crippen LogP contribution in [0.15, 0.2) is 60.2 Å². The number of allylic oxidation sites excluding steroid dienone is 1. The standard InChI is InChI=1S/C22H12N2O2S2/c23-11-13(12-24)9-15-6-8-20(27-15)22-17-4-2-1-3-16(17)21(28-22)18-7-5-14(25)10-19(18)26/h1-10,25-26H. The monoisotopic (exact) mass is 400 g/mol.